The van der Waals surface area contributed by atoms with Gasteiger partial charge in [-0.3, -0.25) is 0 Å². The van der Waals surface area contributed by atoms with Crippen molar-refractivity contribution < 1.29 is 24.5 Å². The first-order valence-electron chi connectivity index (χ1n) is 5.95. The molecule has 0 aliphatic rings. The predicted octanol–water partition coefficient (Wildman–Crippen LogP) is 3.17. The lowest BCUT2D eigenvalue weighted by Gasteiger charge is -2.11. The van der Waals surface area contributed by atoms with E-state index in [1.165, 1.54) is 12.1 Å². The molecule has 0 saturated carbocycles. The van der Waals surface area contributed by atoms with E-state index in [2.05, 4.69) is 0 Å². The average molecular weight is 307 g/mol. The number of aliphatic carboxylic acids is 1. The van der Waals surface area contributed by atoms with Crippen molar-refractivity contribution in [1.29, 1.82) is 0 Å². The Labute approximate surface area is 125 Å². The standard InChI is InChI=1S/C15H11ClO5/c16-11-5-6-13(21-8-14(17)18)12(7-11)9-1-3-10(4-2-9)15(19)20/h1-7H,8H2,(H,17,18)(H,19,20). The summed E-state index contributed by atoms with van der Waals surface area (Å²) < 4.78 is 5.21. The lowest BCUT2D eigenvalue weighted by Crippen LogP contribution is -2.10. The molecule has 0 atom stereocenters. The van der Waals surface area contributed by atoms with Gasteiger partial charge in [0.15, 0.2) is 6.61 Å². The molecule has 108 valence electrons. The molecule has 0 radical (unpaired) electrons. The summed E-state index contributed by atoms with van der Waals surface area (Å²) in [6.45, 7) is -0.470. The van der Waals surface area contributed by atoms with Crippen LogP contribution in [0, 0.1) is 0 Å². The van der Waals surface area contributed by atoms with E-state index in [0.29, 0.717) is 21.9 Å². The van der Waals surface area contributed by atoms with E-state index in [-0.39, 0.29) is 5.56 Å². The number of ether oxygens (including phenoxy) is 1. The number of carboxylic acids is 2. The fourth-order valence-electron chi connectivity index (χ4n) is 1.79. The van der Waals surface area contributed by atoms with Crippen molar-refractivity contribution in [3.63, 3.8) is 0 Å². The molecule has 0 bridgehead atoms. The van der Waals surface area contributed by atoms with E-state index in [0.717, 1.165) is 0 Å². The van der Waals surface area contributed by atoms with Gasteiger partial charge in [0.1, 0.15) is 5.75 Å². The van der Waals surface area contributed by atoms with Crippen molar-refractivity contribution in [2.24, 2.45) is 0 Å². The maximum Gasteiger partial charge on any atom is 0.341 e. The number of aromatic carboxylic acids is 1. The minimum atomic E-state index is -1.09. The van der Waals surface area contributed by atoms with Gasteiger partial charge in [-0.25, -0.2) is 9.59 Å². The first-order chi connectivity index (χ1) is 9.97. The van der Waals surface area contributed by atoms with Crippen LogP contribution in [0.4, 0.5) is 0 Å². The van der Waals surface area contributed by atoms with Gasteiger partial charge in [-0.05, 0) is 35.9 Å². The van der Waals surface area contributed by atoms with Crippen LogP contribution < -0.4 is 4.74 Å². The van der Waals surface area contributed by atoms with Crippen molar-refractivity contribution in [2.45, 2.75) is 0 Å². The van der Waals surface area contributed by atoms with Gasteiger partial charge < -0.3 is 14.9 Å². The normalized spacial score (nSPS) is 10.1. The molecule has 0 heterocycles. The summed E-state index contributed by atoms with van der Waals surface area (Å²) in [4.78, 5) is 21.4. The molecule has 0 fully saturated rings. The number of carbonyl (C=O) groups is 2. The molecule has 0 saturated heterocycles. The van der Waals surface area contributed by atoms with Crippen LogP contribution in [-0.4, -0.2) is 28.8 Å². The molecule has 21 heavy (non-hydrogen) atoms. The maximum absolute atomic E-state index is 10.8. The fourth-order valence-corrected chi connectivity index (χ4v) is 1.96. The summed E-state index contributed by atoms with van der Waals surface area (Å²) >= 11 is 5.95. The van der Waals surface area contributed by atoms with Crippen molar-refractivity contribution in [1.82, 2.24) is 0 Å². The van der Waals surface area contributed by atoms with Gasteiger partial charge in [-0.15, -0.1) is 0 Å². The molecule has 2 N–H and O–H groups in total. The van der Waals surface area contributed by atoms with Crippen LogP contribution in [0.1, 0.15) is 10.4 Å². The summed E-state index contributed by atoms with van der Waals surface area (Å²) in [5.41, 5.74) is 1.44. The molecule has 6 heteroatoms. The quantitative estimate of drug-likeness (QED) is 0.886. The second-order valence-electron chi connectivity index (χ2n) is 4.21. The largest absolute Gasteiger partial charge is 0.481 e. The molecule has 0 spiro atoms. The van der Waals surface area contributed by atoms with Gasteiger partial charge in [0.2, 0.25) is 0 Å². The highest BCUT2D eigenvalue weighted by atomic mass is 35.5. The highest BCUT2D eigenvalue weighted by Gasteiger charge is 2.10. The van der Waals surface area contributed by atoms with E-state index in [4.69, 9.17) is 26.6 Å². The zero-order chi connectivity index (χ0) is 15.4. The Morgan fingerprint density at radius 2 is 1.71 bits per heavy atom. The molecule has 0 aliphatic heterocycles. The van der Waals surface area contributed by atoms with Crippen LogP contribution in [0.25, 0.3) is 11.1 Å². The number of carboxylic acid groups (broad SMARTS) is 2. The van der Waals surface area contributed by atoms with Crippen LogP contribution in [0.2, 0.25) is 5.02 Å². The third-order valence-corrected chi connectivity index (χ3v) is 2.97. The second kappa shape index (κ2) is 6.28. The van der Waals surface area contributed by atoms with Crippen molar-refractivity contribution in [3.8, 4) is 16.9 Å². The molecule has 0 aliphatic carbocycles. The number of benzene rings is 2. The molecule has 2 rings (SSSR count). The molecular weight excluding hydrogens is 296 g/mol. The number of hydrogen-bond acceptors (Lipinski definition) is 3. The SMILES string of the molecule is O=C(O)COc1ccc(Cl)cc1-c1ccc(C(=O)O)cc1. The van der Waals surface area contributed by atoms with Gasteiger partial charge in [-0.1, -0.05) is 23.7 Å². The van der Waals surface area contributed by atoms with Crippen LogP contribution in [0.15, 0.2) is 42.5 Å². The highest BCUT2D eigenvalue weighted by molar-refractivity contribution is 6.31. The molecule has 2 aromatic rings. The van der Waals surface area contributed by atoms with Crippen LogP contribution in [0.3, 0.4) is 0 Å². The molecule has 0 amide bonds. The molecule has 2 aromatic carbocycles. The predicted molar refractivity (Wildman–Crippen MR) is 77.0 cm³/mol. The van der Waals surface area contributed by atoms with E-state index < -0.39 is 18.5 Å². The monoisotopic (exact) mass is 306 g/mol. The minimum absolute atomic E-state index is 0.161. The number of rotatable bonds is 5. The Bertz CT molecular complexity index is 679. The Kier molecular flexibility index (Phi) is 4.45. The van der Waals surface area contributed by atoms with E-state index in [1.807, 2.05) is 0 Å². The number of halogens is 1. The zero-order valence-corrected chi connectivity index (χ0v) is 11.5. The van der Waals surface area contributed by atoms with Crippen LogP contribution in [0.5, 0.6) is 5.75 Å². The first-order valence-corrected chi connectivity index (χ1v) is 6.33. The Balaban J connectivity index is 2.38. The van der Waals surface area contributed by atoms with Crippen molar-refractivity contribution >= 4 is 23.5 Å². The van der Waals surface area contributed by atoms with Crippen LogP contribution in [-0.2, 0) is 4.79 Å². The fraction of sp³-hybridized carbons (Fsp3) is 0.0667. The van der Waals surface area contributed by atoms with E-state index in [9.17, 15) is 9.59 Å². The average Bonchev–Trinajstić information content (AvgIpc) is 2.46. The minimum Gasteiger partial charge on any atom is -0.481 e. The first kappa shape index (κ1) is 14.9. The molecule has 0 unspecified atom stereocenters. The summed E-state index contributed by atoms with van der Waals surface area (Å²) in [7, 11) is 0. The van der Waals surface area contributed by atoms with Gasteiger partial charge >= 0.3 is 11.9 Å². The molecular formula is C15H11ClO5. The lowest BCUT2D eigenvalue weighted by molar-refractivity contribution is -0.139. The van der Waals surface area contributed by atoms with Crippen molar-refractivity contribution in [2.75, 3.05) is 6.61 Å². The van der Waals surface area contributed by atoms with Gasteiger partial charge in [0.25, 0.3) is 0 Å². The van der Waals surface area contributed by atoms with Crippen LogP contribution >= 0.6 is 11.6 Å². The van der Waals surface area contributed by atoms with E-state index in [1.54, 1.807) is 30.3 Å². The Morgan fingerprint density at radius 1 is 1.05 bits per heavy atom. The second-order valence-corrected chi connectivity index (χ2v) is 4.64. The van der Waals surface area contributed by atoms with Gasteiger partial charge in [0, 0.05) is 10.6 Å². The summed E-state index contributed by atoms with van der Waals surface area (Å²) in [6.07, 6.45) is 0. The van der Waals surface area contributed by atoms with Crippen molar-refractivity contribution in [3.05, 3.63) is 53.1 Å². The summed E-state index contributed by atoms with van der Waals surface area (Å²) in [5, 5.41) is 18.0. The molecule has 0 aromatic heterocycles. The third kappa shape index (κ3) is 3.73. The lowest BCUT2D eigenvalue weighted by atomic mass is 10.0. The Hall–Kier alpha value is -2.53. The highest BCUT2D eigenvalue weighted by Crippen LogP contribution is 2.32. The Morgan fingerprint density at radius 3 is 2.29 bits per heavy atom. The smallest absolute Gasteiger partial charge is 0.341 e. The van der Waals surface area contributed by atoms with Gasteiger partial charge in [-0.2, -0.15) is 0 Å². The van der Waals surface area contributed by atoms with Gasteiger partial charge in [0.05, 0.1) is 5.56 Å². The third-order valence-electron chi connectivity index (χ3n) is 2.74. The number of hydrogen-bond donors (Lipinski definition) is 2. The summed E-state index contributed by atoms with van der Waals surface area (Å²) in [6, 6.07) is 10.9. The zero-order valence-electron chi connectivity index (χ0n) is 10.7. The molecule has 5 nitrogen and oxygen atoms in total. The summed E-state index contributed by atoms with van der Waals surface area (Å²) in [5.74, 6) is -1.74. The van der Waals surface area contributed by atoms with E-state index >= 15 is 0 Å². The topological polar surface area (TPSA) is 83.8 Å². The maximum atomic E-state index is 10.8.